The van der Waals surface area contributed by atoms with E-state index in [0.29, 0.717) is 23.9 Å². The van der Waals surface area contributed by atoms with Gasteiger partial charge in [-0.15, -0.1) is 0 Å². The van der Waals surface area contributed by atoms with Crippen LogP contribution in [0.3, 0.4) is 0 Å². The molecule has 4 N–H and O–H groups in total. The fraction of sp³-hybridized carbons (Fsp3) is 0.300. The SMILES string of the molecule is CC(O)Cc1cc(-c2c[nH]c3ncc(-c4cnn(C(C)C)c4)cc23)nc(N)n1. The number of nitrogens with zero attached hydrogens (tertiary/aromatic N) is 5. The molecule has 0 radical (unpaired) electrons. The van der Waals surface area contributed by atoms with Crippen LogP contribution in [0.25, 0.3) is 33.4 Å². The van der Waals surface area contributed by atoms with Gasteiger partial charge in [0.05, 0.1) is 18.0 Å². The molecule has 4 aromatic heterocycles. The molecule has 4 heterocycles. The minimum atomic E-state index is -0.504. The van der Waals surface area contributed by atoms with Gasteiger partial charge in [-0.25, -0.2) is 15.0 Å². The summed E-state index contributed by atoms with van der Waals surface area (Å²) in [5, 5.41) is 15.0. The van der Waals surface area contributed by atoms with Crippen LogP contribution in [-0.4, -0.2) is 40.9 Å². The first-order valence-electron chi connectivity index (χ1n) is 9.24. The molecule has 8 nitrogen and oxygen atoms in total. The first kappa shape index (κ1) is 18.1. The Labute approximate surface area is 162 Å². The van der Waals surface area contributed by atoms with Gasteiger partial charge in [0, 0.05) is 58.8 Å². The fourth-order valence-corrected chi connectivity index (χ4v) is 3.21. The summed E-state index contributed by atoms with van der Waals surface area (Å²) >= 11 is 0. The lowest BCUT2D eigenvalue weighted by Crippen LogP contribution is -2.08. The lowest BCUT2D eigenvalue weighted by atomic mass is 10.1. The van der Waals surface area contributed by atoms with E-state index >= 15 is 0 Å². The largest absolute Gasteiger partial charge is 0.393 e. The zero-order valence-electron chi connectivity index (χ0n) is 16.1. The lowest BCUT2D eigenvalue weighted by molar-refractivity contribution is 0.194. The number of anilines is 1. The van der Waals surface area contributed by atoms with Crippen molar-refractivity contribution in [1.82, 2.24) is 29.7 Å². The Morgan fingerprint density at radius 1 is 1.14 bits per heavy atom. The summed E-state index contributed by atoms with van der Waals surface area (Å²) in [7, 11) is 0. The second-order valence-corrected chi connectivity index (χ2v) is 7.28. The molecule has 0 amide bonds. The molecule has 0 fully saturated rings. The van der Waals surface area contributed by atoms with Gasteiger partial charge in [0.1, 0.15) is 5.65 Å². The van der Waals surface area contributed by atoms with Gasteiger partial charge < -0.3 is 15.8 Å². The highest BCUT2D eigenvalue weighted by Gasteiger charge is 2.14. The molecule has 28 heavy (non-hydrogen) atoms. The summed E-state index contributed by atoms with van der Waals surface area (Å²) in [5.74, 6) is 0.185. The van der Waals surface area contributed by atoms with E-state index in [1.54, 1.807) is 6.92 Å². The number of nitrogen functional groups attached to an aromatic ring is 1. The highest BCUT2D eigenvalue weighted by Crippen LogP contribution is 2.30. The molecule has 0 aliphatic heterocycles. The highest BCUT2D eigenvalue weighted by atomic mass is 16.3. The van der Waals surface area contributed by atoms with E-state index in [1.807, 2.05) is 35.5 Å². The molecule has 0 saturated heterocycles. The minimum Gasteiger partial charge on any atom is -0.393 e. The van der Waals surface area contributed by atoms with E-state index in [9.17, 15) is 5.11 Å². The number of aromatic amines is 1. The van der Waals surface area contributed by atoms with E-state index in [0.717, 1.165) is 27.7 Å². The Hall–Kier alpha value is -3.26. The molecule has 0 aliphatic carbocycles. The number of aliphatic hydroxyl groups is 1. The Morgan fingerprint density at radius 2 is 1.96 bits per heavy atom. The van der Waals surface area contributed by atoms with Crippen molar-refractivity contribution in [3.8, 4) is 22.4 Å². The number of rotatable bonds is 5. The second-order valence-electron chi connectivity index (χ2n) is 7.28. The number of nitrogens with two attached hydrogens (primary N) is 1. The molecule has 1 unspecified atom stereocenters. The average molecular weight is 377 g/mol. The van der Waals surface area contributed by atoms with Crippen LogP contribution in [0, 0.1) is 0 Å². The number of fused-ring (bicyclic) bond motifs is 1. The Kier molecular flexibility index (Phi) is 4.56. The van der Waals surface area contributed by atoms with Crippen molar-refractivity contribution in [3.63, 3.8) is 0 Å². The number of hydrogen-bond acceptors (Lipinski definition) is 6. The van der Waals surface area contributed by atoms with Gasteiger partial charge in [0.2, 0.25) is 5.95 Å². The number of hydrogen-bond donors (Lipinski definition) is 3. The van der Waals surface area contributed by atoms with Crippen molar-refractivity contribution in [2.45, 2.75) is 39.3 Å². The molecule has 144 valence electrons. The summed E-state index contributed by atoms with van der Waals surface area (Å²) in [5.41, 5.74) is 10.9. The van der Waals surface area contributed by atoms with Crippen molar-refractivity contribution in [2.24, 2.45) is 0 Å². The third-order valence-electron chi connectivity index (χ3n) is 4.57. The van der Waals surface area contributed by atoms with Crippen molar-refractivity contribution < 1.29 is 5.11 Å². The van der Waals surface area contributed by atoms with Gasteiger partial charge in [0.25, 0.3) is 0 Å². The second kappa shape index (κ2) is 7.05. The quantitative estimate of drug-likeness (QED) is 0.492. The normalized spacial score (nSPS) is 12.8. The Morgan fingerprint density at radius 3 is 2.68 bits per heavy atom. The first-order chi connectivity index (χ1) is 13.4. The van der Waals surface area contributed by atoms with Gasteiger partial charge >= 0.3 is 0 Å². The molecule has 0 aliphatic rings. The number of aromatic nitrogens is 6. The molecule has 4 rings (SSSR count). The molecule has 0 saturated carbocycles. The topological polar surface area (TPSA) is 119 Å². The van der Waals surface area contributed by atoms with Crippen molar-refractivity contribution in [2.75, 3.05) is 5.73 Å². The maximum absolute atomic E-state index is 9.67. The predicted octanol–water partition coefficient (Wildman–Crippen LogP) is 2.97. The van der Waals surface area contributed by atoms with Crippen LogP contribution in [0.15, 0.2) is 36.9 Å². The third kappa shape index (κ3) is 3.46. The minimum absolute atomic E-state index is 0.185. The van der Waals surface area contributed by atoms with Crippen LogP contribution in [-0.2, 0) is 6.42 Å². The van der Waals surface area contributed by atoms with Gasteiger partial charge in [-0.3, -0.25) is 4.68 Å². The molecular formula is C20H23N7O. The summed E-state index contributed by atoms with van der Waals surface area (Å²) < 4.78 is 1.92. The number of H-pyrrole nitrogens is 1. The number of pyridine rings is 1. The fourth-order valence-electron chi connectivity index (χ4n) is 3.21. The summed E-state index contributed by atoms with van der Waals surface area (Å²) in [4.78, 5) is 16.3. The lowest BCUT2D eigenvalue weighted by Gasteiger charge is -2.07. The molecule has 1 atom stereocenters. The smallest absolute Gasteiger partial charge is 0.220 e. The van der Waals surface area contributed by atoms with Crippen LogP contribution in [0.5, 0.6) is 0 Å². The summed E-state index contributed by atoms with van der Waals surface area (Å²) in [6, 6.07) is 4.22. The van der Waals surface area contributed by atoms with Crippen LogP contribution in [0.4, 0.5) is 5.95 Å². The van der Waals surface area contributed by atoms with Crippen LogP contribution in [0.1, 0.15) is 32.5 Å². The van der Waals surface area contributed by atoms with Gasteiger partial charge in [-0.1, -0.05) is 0 Å². The third-order valence-corrected chi connectivity index (χ3v) is 4.57. The molecule has 8 heteroatoms. The van der Waals surface area contributed by atoms with E-state index in [1.165, 1.54) is 0 Å². The zero-order valence-corrected chi connectivity index (χ0v) is 16.1. The number of aliphatic hydroxyl groups excluding tert-OH is 1. The Balaban J connectivity index is 1.79. The average Bonchev–Trinajstić information content (AvgIpc) is 3.27. The molecule has 0 spiro atoms. The van der Waals surface area contributed by atoms with Gasteiger partial charge in [0.15, 0.2) is 0 Å². The van der Waals surface area contributed by atoms with Crippen LogP contribution in [0.2, 0.25) is 0 Å². The summed E-state index contributed by atoms with van der Waals surface area (Å²) in [6.07, 6.45) is 7.47. The maximum Gasteiger partial charge on any atom is 0.220 e. The molecular weight excluding hydrogens is 354 g/mol. The highest BCUT2D eigenvalue weighted by molar-refractivity contribution is 5.95. The van der Waals surface area contributed by atoms with Crippen molar-refractivity contribution in [3.05, 3.63) is 42.6 Å². The standard InChI is InChI=1S/C20H23N7O/c1-11(2)27-10-14(8-24-27)13-5-16-17(9-23-19(16)22-7-13)18-6-15(4-12(3)28)25-20(21)26-18/h5-12,28H,4H2,1-3H3,(H,22,23)(H2,21,25,26). The van der Waals surface area contributed by atoms with E-state index in [4.69, 9.17) is 5.73 Å². The first-order valence-corrected chi connectivity index (χ1v) is 9.24. The Bertz CT molecular complexity index is 1130. The van der Waals surface area contributed by atoms with E-state index < -0.39 is 6.10 Å². The molecule has 4 aromatic rings. The maximum atomic E-state index is 9.67. The monoisotopic (exact) mass is 377 g/mol. The van der Waals surface area contributed by atoms with Crippen molar-refractivity contribution in [1.29, 1.82) is 0 Å². The molecule has 0 bridgehead atoms. The van der Waals surface area contributed by atoms with E-state index in [-0.39, 0.29) is 5.95 Å². The van der Waals surface area contributed by atoms with Crippen LogP contribution < -0.4 is 5.73 Å². The number of nitrogens with one attached hydrogen (secondary N) is 1. The summed E-state index contributed by atoms with van der Waals surface area (Å²) in [6.45, 7) is 5.90. The van der Waals surface area contributed by atoms with E-state index in [2.05, 4.69) is 44.9 Å². The van der Waals surface area contributed by atoms with Gasteiger partial charge in [-0.2, -0.15) is 5.10 Å². The predicted molar refractivity (Wildman–Crippen MR) is 109 cm³/mol. The zero-order chi connectivity index (χ0) is 19.8. The molecule has 0 aromatic carbocycles. The van der Waals surface area contributed by atoms with Crippen molar-refractivity contribution >= 4 is 17.0 Å². The van der Waals surface area contributed by atoms with Gasteiger partial charge in [-0.05, 0) is 32.9 Å². The van der Waals surface area contributed by atoms with Crippen LogP contribution >= 0.6 is 0 Å².